The normalized spacial score (nSPS) is 26.5. The molecule has 0 saturated carbocycles. The first kappa shape index (κ1) is 19.5. The number of aryl methyl sites for hydroxylation is 1. The molecule has 0 radical (unpaired) electrons. The topological polar surface area (TPSA) is 145 Å². The summed E-state index contributed by atoms with van der Waals surface area (Å²) in [5, 5.41) is 49.3. The Bertz CT molecular complexity index is 569. The van der Waals surface area contributed by atoms with Crippen LogP contribution < -0.4 is 0 Å². The van der Waals surface area contributed by atoms with E-state index < -0.39 is 24.6 Å². The summed E-state index contributed by atoms with van der Waals surface area (Å²) in [5.41, 5.74) is 0.991. The Labute approximate surface area is 145 Å². The van der Waals surface area contributed by atoms with Crippen LogP contribution in [0.1, 0.15) is 30.7 Å². The van der Waals surface area contributed by atoms with Crippen LogP contribution in [0.4, 0.5) is 0 Å². The summed E-state index contributed by atoms with van der Waals surface area (Å²) < 4.78 is 10.6. The van der Waals surface area contributed by atoms with E-state index >= 15 is 0 Å². The molecule has 1 aliphatic rings. The molecule has 0 amide bonds. The number of unbranched alkanes of at least 4 members (excludes halogenated alkanes) is 2. The van der Waals surface area contributed by atoms with E-state index in [1.165, 1.54) is 6.07 Å². The van der Waals surface area contributed by atoms with Crippen molar-refractivity contribution in [1.29, 1.82) is 0 Å². The van der Waals surface area contributed by atoms with Crippen molar-refractivity contribution in [2.45, 2.75) is 50.3 Å². The van der Waals surface area contributed by atoms with Gasteiger partial charge in [-0.1, -0.05) is 11.6 Å². The van der Waals surface area contributed by atoms with Gasteiger partial charge in [-0.25, -0.2) is 4.98 Å². The van der Waals surface area contributed by atoms with Crippen molar-refractivity contribution in [3.63, 3.8) is 0 Å². The molecule has 9 heteroatoms. The highest BCUT2D eigenvalue weighted by Gasteiger charge is 2.42. The molecule has 9 nitrogen and oxygen atoms in total. The molecule has 1 fully saturated rings. The third-order valence-corrected chi connectivity index (χ3v) is 4.00. The van der Waals surface area contributed by atoms with E-state index in [4.69, 9.17) is 19.8 Å². The van der Waals surface area contributed by atoms with E-state index in [0.717, 1.165) is 31.2 Å². The summed E-state index contributed by atoms with van der Waals surface area (Å²) >= 11 is 0. The number of hydrogen-bond acceptors (Lipinski definition) is 9. The van der Waals surface area contributed by atoms with Gasteiger partial charge in [0.05, 0.1) is 12.8 Å². The molecular formula is C16H24N2O7. The van der Waals surface area contributed by atoms with Gasteiger partial charge in [-0.05, 0) is 31.4 Å². The summed E-state index contributed by atoms with van der Waals surface area (Å²) in [5.74, 6) is -0.0477. The molecule has 1 saturated heterocycles. The van der Waals surface area contributed by atoms with Gasteiger partial charge in [0.15, 0.2) is 6.29 Å². The standard InChI is InChI=1S/C16H24N2O7/c19-9-13-14(21)15(22)16(25-13)24-7-3-1-2-4-10-5-6-12(20)11(18-10)8-17-23/h5-6,8,13-16,19-23H,1-4,7,9H2/b17-8+/t13-,14-,15-,16-/m1/s1. The lowest BCUT2D eigenvalue weighted by molar-refractivity contribution is -0.169. The number of oxime groups is 1. The van der Waals surface area contributed by atoms with Gasteiger partial charge in [-0.15, -0.1) is 0 Å². The zero-order valence-electron chi connectivity index (χ0n) is 13.7. The van der Waals surface area contributed by atoms with Crippen LogP contribution in [-0.4, -0.2) is 74.6 Å². The predicted octanol–water partition coefficient (Wildman–Crippen LogP) is -0.236. The van der Waals surface area contributed by atoms with Crippen LogP contribution in [-0.2, 0) is 15.9 Å². The highest BCUT2D eigenvalue weighted by Crippen LogP contribution is 2.22. The molecule has 4 atom stereocenters. The van der Waals surface area contributed by atoms with Gasteiger partial charge in [-0.2, -0.15) is 0 Å². The smallest absolute Gasteiger partial charge is 0.186 e. The molecule has 0 unspecified atom stereocenters. The largest absolute Gasteiger partial charge is 0.506 e. The van der Waals surface area contributed by atoms with Gasteiger partial charge in [-0.3, -0.25) is 0 Å². The van der Waals surface area contributed by atoms with Crippen molar-refractivity contribution in [2.75, 3.05) is 13.2 Å². The van der Waals surface area contributed by atoms with E-state index in [0.29, 0.717) is 13.0 Å². The zero-order chi connectivity index (χ0) is 18.2. The Hall–Kier alpha value is -1.78. The summed E-state index contributed by atoms with van der Waals surface area (Å²) in [4.78, 5) is 4.18. The van der Waals surface area contributed by atoms with Crippen molar-refractivity contribution in [3.05, 3.63) is 23.5 Å². The molecule has 0 aliphatic carbocycles. The van der Waals surface area contributed by atoms with E-state index in [9.17, 15) is 15.3 Å². The van der Waals surface area contributed by atoms with Crippen LogP contribution >= 0.6 is 0 Å². The first-order valence-electron chi connectivity index (χ1n) is 8.17. The highest BCUT2D eigenvalue weighted by molar-refractivity contribution is 5.80. The number of aliphatic hydroxyl groups is 3. The van der Waals surface area contributed by atoms with Gasteiger partial charge in [0, 0.05) is 12.3 Å². The average molecular weight is 356 g/mol. The number of pyridine rings is 1. The number of rotatable bonds is 9. The zero-order valence-corrected chi connectivity index (χ0v) is 13.7. The highest BCUT2D eigenvalue weighted by atomic mass is 16.7. The fourth-order valence-electron chi connectivity index (χ4n) is 2.59. The molecule has 1 aromatic rings. The van der Waals surface area contributed by atoms with Crippen molar-refractivity contribution >= 4 is 6.21 Å². The number of nitrogens with zero attached hydrogens (tertiary/aromatic N) is 2. The Morgan fingerprint density at radius 3 is 2.68 bits per heavy atom. The molecule has 140 valence electrons. The number of aromatic nitrogens is 1. The first-order chi connectivity index (χ1) is 12.1. The SMILES string of the molecule is OC[C@H]1O[C@@H](OCCCCCc2ccc(O)c(/C=N/O)n2)[C@H](O)[C@@H]1O. The Morgan fingerprint density at radius 1 is 1.20 bits per heavy atom. The third-order valence-electron chi connectivity index (χ3n) is 4.00. The summed E-state index contributed by atoms with van der Waals surface area (Å²) in [7, 11) is 0. The lowest BCUT2D eigenvalue weighted by Crippen LogP contribution is -2.34. The van der Waals surface area contributed by atoms with Crippen LogP contribution in [0.3, 0.4) is 0 Å². The van der Waals surface area contributed by atoms with Crippen LogP contribution in [0.25, 0.3) is 0 Å². The average Bonchev–Trinajstić information content (AvgIpc) is 2.88. The van der Waals surface area contributed by atoms with Gasteiger partial charge in [0.2, 0.25) is 0 Å². The van der Waals surface area contributed by atoms with Gasteiger partial charge in [0.1, 0.15) is 29.8 Å². The minimum Gasteiger partial charge on any atom is -0.506 e. The lowest BCUT2D eigenvalue weighted by atomic mass is 10.1. The number of ether oxygens (including phenoxy) is 2. The molecule has 1 aromatic heterocycles. The second-order valence-corrected chi connectivity index (χ2v) is 5.84. The van der Waals surface area contributed by atoms with Gasteiger partial charge >= 0.3 is 0 Å². The van der Waals surface area contributed by atoms with Gasteiger partial charge < -0.3 is 35.1 Å². The molecule has 0 bridgehead atoms. The van der Waals surface area contributed by atoms with E-state index in [2.05, 4.69) is 10.1 Å². The number of hydrogen-bond donors (Lipinski definition) is 5. The summed E-state index contributed by atoms with van der Waals surface area (Å²) in [6.45, 7) is -0.0152. The minimum absolute atomic E-state index is 0.0477. The fourth-order valence-corrected chi connectivity index (χ4v) is 2.59. The molecule has 1 aliphatic heterocycles. The fraction of sp³-hybridized carbons (Fsp3) is 0.625. The van der Waals surface area contributed by atoms with Crippen molar-refractivity contribution in [3.8, 4) is 5.75 Å². The number of aliphatic hydroxyl groups excluding tert-OH is 3. The van der Waals surface area contributed by atoms with Gasteiger partial charge in [0.25, 0.3) is 0 Å². The van der Waals surface area contributed by atoms with Crippen LogP contribution in [0.2, 0.25) is 0 Å². The van der Waals surface area contributed by atoms with E-state index in [1.807, 2.05) is 0 Å². The van der Waals surface area contributed by atoms with Crippen LogP contribution in [0.5, 0.6) is 5.75 Å². The predicted molar refractivity (Wildman–Crippen MR) is 86.5 cm³/mol. The Morgan fingerprint density at radius 2 is 2.00 bits per heavy atom. The van der Waals surface area contributed by atoms with E-state index in [1.54, 1.807) is 6.07 Å². The maximum Gasteiger partial charge on any atom is 0.186 e. The quantitative estimate of drug-likeness (QED) is 0.176. The lowest BCUT2D eigenvalue weighted by Gasteiger charge is -2.15. The Kier molecular flexibility index (Phi) is 7.53. The maximum absolute atomic E-state index is 9.73. The number of aromatic hydroxyl groups is 1. The van der Waals surface area contributed by atoms with Crippen LogP contribution in [0.15, 0.2) is 17.3 Å². The molecule has 0 aromatic carbocycles. The Balaban J connectivity index is 1.65. The third kappa shape index (κ3) is 5.35. The second-order valence-electron chi connectivity index (χ2n) is 5.84. The van der Waals surface area contributed by atoms with Crippen LogP contribution in [0, 0.1) is 0 Å². The molecule has 5 N–H and O–H groups in total. The van der Waals surface area contributed by atoms with Crippen molar-refractivity contribution in [2.24, 2.45) is 5.16 Å². The van der Waals surface area contributed by atoms with Crippen molar-refractivity contribution < 1.29 is 35.1 Å². The minimum atomic E-state index is -1.16. The van der Waals surface area contributed by atoms with Crippen molar-refractivity contribution in [1.82, 2.24) is 4.98 Å². The molecule has 25 heavy (non-hydrogen) atoms. The first-order valence-corrected chi connectivity index (χ1v) is 8.17. The molecule has 2 heterocycles. The monoisotopic (exact) mass is 356 g/mol. The summed E-state index contributed by atoms with van der Waals surface area (Å²) in [6.07, 6.45) is 0.137. The second kappa shape index (κ2) is 9.64. The molecule has 0 spiro atoms. The van der Waals surface area contributed by atoms with E-state index in [-0.39, 0.29) is 18.1 Å². The maximum atomic E-state index is 9.73. The summed E-state index contributed by atoms with van der Waals surface area (Å²) in [6, 6.07) is 3.21. The molecule has 2 rings (SSSR count). The molecular weight excluding hydrogens is 332 g/mol.